The fraction of sp³-hybridized carbons (Fsp3) is 0.500. The number of anilines is 1. The van der Waals surface area contributed by atoms with Crippen molar-refractivity contribution in [3.8, 4) is 6.07 Å². The van der Waals surface area contributed by atoms with Gasteiger partial charge >= 0.3 is 6.61 Å². The number of hydrogen-bond donors (Lipinski definition) is 2. The van der Waals surface area contributed by atoms with Crippen molar-refractivity contribution in [2.75, 3.05) is 12.3 Å². The number of nitrogen functional groups attached to an aromatic ring is 1. The third kappa shape index (κ3) is 3.74. The van der Waals surface area contributed by atoms with Gasteiger partial charge in [-0.05, 0) is 18.4 Å². The van der Waals surface area contributed by atoms with Gasteiger partial charge in [0.25, 0.3) is 0 Å². The van der Waals surface area contributed by atoms with Gasteiger partial charge in [0.15, 0.2) is 5.78 Å². The van der Waals surface area contributed by atoms with Crippen molar-refractivity contribution in [2.45, 2.75) is 39.7 Å². The van der Waals surface area contributed by atoms with Crippen molar-refractivity contribution in [3.05, 3.63) is 22.6 Å². The van der Waals surface area contributed by atoms with E-state index in [9.17, 15) is 18.7 Å². The van der Waals surface area contributed by atoms with E-state index in [0.29, 0.717) is 17.5 Å². The molecule has 1 aliphatic carbocycles. The number of ether oxygens (including phenoxy) is 1. The maximum absolute atomic E-state index is 12.7. The first-order valence-electron chi connectivity index (χ1n) is 7.43. The number of thiophene rings is 1. The number of nitrogens with two attached hydrogens (primary N) is 1. The summed E-state index contributed by atoms with van der Waals surface area (Å²) >= 11 is 0.971. The lowest BCUT2D eigenvalue weighted by molar-refractivity contribution is -0.146. The number of carbonyl (C=O) groups is 1. The zero-order chi connectivity index (χ0) is 18.5. The predicted octanol–water partition coefficient (Wildman–Crippen LogP) is 4.15. The molecule has 1 atom stereocenters. The van der Waals surface area contributed by atoms with E-state index in [4.69, 9.17) is 11.0 Å². The third-order valence-corrected chi connectivity index (χ3v) is 4.83. The molecule has 0 saturated heterocycles. The van der Waals surface area contributed by atoms with Gasteiger partial charge in [-0.25, -0.2) is 0 Å². The molecule has 1 aliphatic rings. The van der Waals surface area contributed by atoms with Crippen molar-refractivity contribution < 1.29 is 23.4 Å². The first-order chi connectivity index (χ1) is 11.3. The van der Waals surface area contributed by atoms with E-state index in [-0.39, 0.29) is 28.5 Å². The molecular weight excluding hydrogens is 338 g/mol. The standard InChI is InChI=1S/C14H14F2N2O3S.C2H6/c1-7(19)9-8-2-3-14(4-5-17,6-21-13(15)16)11(20)10(8)22-12(9)18;1-2/h13,19H,1-4,6,18H2;1-2H3. The van der Waals surface area contributed by atoms with Gasteiger partial charge in [-0.2, -0.15) is 14.0 Å². The molecule has 0 amide bonds. The Labute approximate surface area is 143 Å². The second-order valence-electron chi connectivity index (χ2n) is 5.11. The molecule has 0 spiro atoms. The van der Waals surface area contributed by atoms with E-state index in [1.54, 1.807) is 0 Å². The molecule has 0 saturated carbocycles. The van der Waals surface area contributed by atoms with Crippen LogP contribution in [0.5, 0.6) is 0 Å². The first kappa shape index (κ1) is 20.1. The molecule has 1 aromatic rings. The topological polar surface area (TPSA) is 96.3 Å². The number of alkyl halides is 2. The number of nitrogens with zero attached hydrogens (tertiary/aromatic N) is 1. The summed E-state index contributed by atoms with van der Waals surface area (Å²) in [6, 6.07) is 1.87. The second-order valence-corrected chi connectivity index (χ2v) is 6.16. The zero-order valence-electron chi connectivity index (χ0n) is 13.6. The van der Waals surface area contributed by atoms with E-state index in [0.717, 1.165) is 11.3 Å². The minimum atomic E-state index is -3.01. The number of halogens is 2. The van der Waals surface area contributed by atoms with Crippen LogP contribution in [0.25, 0.3) is 5.76 Å². The molecule has 3 N–H and O–H groups in total. The zero-order valence-corrected chi connectivity index (χ0v) is 14.4. The van der Waals surface area contributed by atoms with Crippen LogP contribution in [0.3, 0.4) is 0 Å². The van der Waals surface area contributed by atoms with Crippen molar-refractivity contribution >= 4 is 27.9 Å². The summed E-state index contributed by atoms with van der Waals surface area (Å²) in [6.07, 6.45) is 0.290. The lowest BCUT2D eigenvalue weighted by atomic mass is 9.71. The maximum atomic E-state index is 12.7. The van der Waals surface area contributed by atoms with Crippen molar-refractivity contribution in [3.63, 3.8) is 0 Å². The van der Waals surface area contributed by atoms with Crippen LogP contribution in [0.1, 0.15) is 47.5 Å². The number of Topliss-reactive ketones (excluding diaryl/α,β-unsaturated/α-hetero) is 1. The molecule has 8 heteroatoms. The van der Waals surface area contributed by atoms with Crippen LogP contribution in [0.15, 0.2) is 6.58 Å². The number of nitriles is 1. The van der Waals surface area contributed by atoms with E-state index < -0.39 is 24.4 Å². The quantitative estimate of drug-likeness (QED) is 0.771. The molecule has 0 aromatic carbocycles. The Morgan fingerprint density at radius 3 is 2.71 bits per heavy atom. The van der Waals surface area contributed by atoms with Gasteiger partial charge in [-0.3, -0.25) is 4.79 Å². The molecule has 1 aromatic heterocycles. The van der Waals surface area contributed by atoms with Crippen LogP contribution in [-0.4, -0.2) is 24.1 Å². The fourth-order valence-electron chi connectivity index (χ4n) is 2.67. The highest BCUT2D eigenvalue weighted by Gasteiger charge is 2.45. The number of carbonyl (C=O) groups excluding carboxylic acids is 1. The Kier molecular flexibility index (Phi) is 6.87. The molecule has 1 unspecified atom stereocenters. The number of hydrogen-bond acceptors (Lipinski definition) is 6. The molecular formula is C16H20F2N2O3S. The largest absolute Gasteiger partial charge is 0.508 e. The molecule has 0 bridgehead atoms. The average Bonchev–Trinajstić information content (AvgIpc) is 2.88. The second kappa shape index (κ2) is 8.22. The van der Waals surface area contributed by atoms with Crippen LogP contribution in [0, 0.1) is 16.7 Å². The number of fused-ring (bicyclic) bond motifs is 1. The summed E-state index contributed by atoms with van der Waals surface area (Å²) in [5.41, 5.74) is 5.38. The molecule has 1 heterocycles. The van der Waals surface area contributed by atoms with Crippen LogP contribution < -0.4 is 5.73 Å². The van der Waals surface area contributed by atoms with Crippen LogP contribution in [0.2, 0.25) is 0 Å². The smallest absolute Gasteiger partial charge is 0.345 e. The molecule has 24 heavy (non-hydrogen) atoms. The molecule has 0 fully saturated rings. The Morgan fingerprint density at radius 2 is 2.21 bits per heavy atom. The Morgan fingerprint density at radius 1 is 1.58 bits per heavy atom. The molecule has 0 aliphatic heterocycles. The van der Waals surface area contributed by atoms with Crippen molar-refractivity contribution in [1.29, 1.82) is 5.26 Å². The van der Waals surface area contributed by atoms with Crippen molar-refractivity contribution in [1.82, 2.24) is 0 Å². The average molecular weight is 358 g/mol. The number of rotatable bonds is 5. The Balaban J connectivity index is 0.00000139. The number of ketones is 1. The highest BCUT2D eigenvalue weighted by atomic mass is 32.1. The molecule has 5 nitrogen and oxygen atoms in total. The summed E-state index contributed by atoms with van der Waals surface area (Å²) in [6.45, 7) is 3.89. The van der Waals surface area contributed by atoms with Gasteiger partial charge in [-0.15, -0.1) is 11.3 Å². The van der Waals surface area contributed by atoms with Crippen LogP contribution >= 0.6 is 11.3 Å². The van der Waals surface area contributed by atoms with Crippen molar-refractivity contribution in [2.24, 2.45) is 5.41 Å². The van der Waals surface area contributed by atoms with Gasteiger partial charge < -0.3 is 15.6 Å². The SMILES string of the molecule is C=C(O)c1c(N)sc2c1CCC(CC#N)(COC(F)F)C2=O.CC. The highest BCUT2D eigenvalue weighted by molar-refractivity contribution is 7.18. The maximum Gasteiger partial charge on any atom is 0.345 e. The summed E-state index contributed by atoms with van der Waals surface area (Å²) in [4.78, 5) is 13.0. The van der Waals surface area contributed by atoms with Gasteiger partial charge in [0, 0.05) is 0 Å². The number of aliphatic hydroxyl groups is 1. The first-order valence-corrected chi connectivity index (χ1v) is 8.25. The third-order valence-electron chi connectivity index (χ3n) is 3.77. The van der Waals surface area contributed by atoms with Crippen LogP contribution in [-0.2, 0) is 11.2 Å². The summed E-state index contributed by atoms with van der Waals surface area (Å²) in [5.74, 6) is -0.681. The van der Waals surface area contributed by atoms with Gasteiger partial charge in [0.05, 0.1) is 40.0 Å². The normalized spacial score (nSPS) is 19.2. The van der Waals surface area contributed by atoms with Gasteiger partial charge in [0.2, 0.25) is 0 Å². The molecule has 0 radical (unpaired) electrons. The van der Waals surface area contributed by atoms with E-state index >= 15 is 0 Å². The minimum Gasteiger partial charge on any atom is -0.508 e. The van der Waals surface area contributed by atoms with Gasteiger partial charge in [0.1, 0.15) is 5.76 Å². The molecule has 2 rings (SSSR count). The minimum absolute atomic E-state index is 0.176. The Hall–Kier alpha value is -1.98. The number of aliphatic hydroxyl groups excluding tert-OH is 1. The highest BCUT2D eigenvalue weighted by Crippen LogP contribution is 2.46. The monoisotopic (exact) mass is 358 g/mol. The lowest BCUT2D eigenvalue weighted by Crippen LogP contribution is -2.40. The predicted molar refractivity (Wildman–Crippen MR) is 89.0 cm³/mol. The van der Waals surface area contributed by atoms with E-state index in [2.05, 4.69) is 11.3 Å². The van der Waals surface area contributed by atoms with E-state index in [1.807, 2.05) is 19.9 Å². The fourth-order valence-corrected chi connectivity index (χ4v) is 3.87. The van der Waals surface area contributed by atoms with E-state index in [1.165, 1.54) is 0 Å². The summed E-state index contributed by atoms with van der Waals surface area (Å²) in [7, 11) is 0. The Bertz CT molecular complexity index is 667. The summed E-state index contributed by atoms with van der Waals surface area (Å²) < 4.78 is 28.9. The molecule has 132 valence electrons. The summed E-state index contributed by atoms with van der Waals surface area (Å²) in [5, 5.41) is 18.8. The van der Waals surface area contributed by atoms with Crippen LogP contribution in [0.4, 0.5) is 13.8 Å². The lowest BCUT2D eigenvalue weighted by Gasteiger charge is -2.33. The van der Waals surface area contributed by atoms with Gasteiger partial charge in [-0.1, -0.05) is 20.4 Å².